The summed E-state index contributed by atoms with van der Waals surface area (Å²) in [4.78, 5) is 0. The molecule has 0 aromatic heterocycles. The molecular weight excluding hydrogens is 228 g/mol. The Morgan fingerprint density at radius 3 is 1.41 bits per heavy atom. The summed E-state index contributed by atoms with van der Waals surface area (Å²) >= 11 is 0. The number of anilines is 2. The fraction of sp³-hybridized carbons (Fsp3) is 0.571. The van der Waals surface area contributed by atoms with Gasteiger partial charge in [0.05, 0.1) is 11.4 Å². The van der Waals surface area contributed by atoms with Gasteiger partial charge >= 0.3 is 0 Å². The highest BCUT2D eigenvalue weighted by molar-refractivity contribution is 7.59. The molecule has 2 nitrogen and oxygen atoms in total. The summed E-state index contributed by atoms with van der Waals surface area (Å²) in [5.41, 5.74) is 16.5. The van der Waals surface area contributed by atoms with Gasteiger partial charge in [-0.2, -0.15) is 13.5 Å². The van der Waals surface area contributed by atoms with Crippen LogP contribution in [0.15, 0.2) is 12.1 Å². The van der Waals surface area contributed by atoms with Crippen LogP contribution in [0.1, 0.15) is 51.7 Å². The Hall–Kier alpha value is -0.830. The second-order valence-electron chi connectivity index (χ2n) is 6.29. The molecule has 2 rings (SSSR count). The number of hydrogen-bond acceptors (Lipinski definition) is 2. The zero-order chi connectivity index (χ0) is 12.1. The fourth-order valence-electron chi connectivity index (χ4n) is 2.65. The summed E-state index contributed by atoms with van der Waals surface area (Å²) < 4.78 is 0. The van der Waals surface area contributed by atoms with Crippen LogP contribution in [0.25, 0.3) is 0 Å². The maximum atomic E-state index is 5.93. The van der Waals surface area contributed by atoms with Crippen LogP contribution >= 0.6 is 13.5 Å². The summed E-state index contributed by atoms with van der Waals surface area (Å²) in [5.74, 6) is 0. The summed E-state index contributed by atoms with van der Waals surface area (Å²) in [6.45, 7) is 9.15. The predicted octanol–water partition coefficient (Wildman–Crippen LogP) is 3.31. The van der Waals surface area contributed by atoms with Crippen LogP contribution in [0.2, 0.25) is 0 Å². The topological polar surface area (TPSA) is 52.0 Å². The molecule has 0 radical (unpaired) electrons. The number of nitrogen functional groups attached to an aromatic ring is 2. The molecule has 0 bridgehead atoms. The lowest BCUT2D eigenvalue weighted by atomic mass is 9.63. The van der Waals surface area contributed by atoms with E-state index in [0.29, 0.717) is 11.4 Å². The van der Waals surface area contributed by atoms with Crippen molar-refractivity contribution in [1.82, 2.24) is 0 Å². The number of benzene rings is 1. The minimum absolute atomic E-state index is 0. The molecule has 0 saturated heterocycles. The Morgan fingerprint density at radius 2 is 1.12 bits per heavy atom. The van der Waals surface area contributed by atoms with Crippen LogP contribution in [0.4, 0.5) is 11.4 Å². The van der Waals surface area contributed by atoms with Crippen molar-refractivity contribution in [2.75, 3.05) is 11.5 Å². The van der Waals surface area contributed by atoms with Gasteiger partial charge in [0.1, 0.15) is 0 Å². The Balaban J connectivity index is 0.00000144. The first kappa shape index (κ1) is 14.2. The van der Waals surface area contributed by atoms with Crippen molar-refractivity contribution in [2.45, 2.75) is 51.4 Å². The minimum Gasteiger partial charge on any atom is -0.397 e. The van der Waals surface area contributed by atoms with Crippen LogP contribution in [0.5, 0.6) is 0 Å². The van der Waals surface area contributed by atoms with Crippen molar-refractivity contribution in [3.63, 3.8) is 0 Å². The molecule has 0 heterocycles. The molecule has 1 aliphatic carbocycles. The van der Waals surface area contributed by atoms with E-state index >= 15 is 0 Å². The minimum atomic E-state index is 0. The van der Waals surface area contributed by atoms with Gasteiger partial charge in [0, 0.05) is 0 Å². The van der Waals surface area contributed by atoms with Crippen LogP contribution in [-0.4, -0.2) is 0 Å². The Bertz CT molecular complexity index is 395. The first-order valence-corrected chi connectivity index (χ1v) is 5.94. The van der Waals surface area contributed by atoms with E-state index in [-0.39, 0.29) is 24.3 Å². The van der Waals surface area contributed by atoms with Crippen LogP contribution in [0.3, 0.4) is 0 Å². The van der Waals surface area contributed by atoms with Crippen LogP contribution in [0, 0.1) is 0 Å². The van der Waals surface area contributed by atoms with Crippen LogP contribution < -0.4 is 11.5 Å². The number of hydrogen-bond donors (Lipinski definition) is 2. The molecular formula is C14H24N2S. The van der Waals surface area contributed by atoms with E-state index in [1.165, 1.54) is 24.0 Å². The molecule has 17 heavy (non-hydrogen) atoms. The Labute approximate surface area is 111 Å². The predicted molar refractivity (Wildman–Crippen MR) is 80.9 cm³/mol. The summed E-state index contributed by atoms with van der Waals surface area (Å²) in [7, 11) is 0. The highest BCUT2D eigenvalue weighted by atomic mass is 32.1. The molecule has 96 valence electrons. The van der Waals surface area contributed by atoms with Gasteiger partial charge in [0.2, 0.25) is 0 Å². The zero-order valence-corrected chi connectivity index (χ0v) is 12.2. The molecule has 0 atom stereocenters. The number of fused-ring (bicyclic) bond motifs is 1. The first-order chi connectivity index (χ1) is 7.24. The third-order valence-corrected chi connectivity index (χ3v) is 4.06. The lowest BCUT2D eigenvalue weighted by Crippen LogP contribution is -2.34. The standard InChI is InChI=1S/C14H22N2.H2S/c1-13(2)5-6-14(3,4)10-8-12(16)11(15)7-9(10)13;/h7-8H,5-6,15-16H2,1-4H3;1H2. The van der Waals surface area contributed by atoms with Crippen molar-refractivity contribution in [3.05, 3.63) is 23.3 Å². The van der Waals surface area contributed by atoms with E-state index in [1.807, 2.05) is 0 Å². The van der Waals surface area contributed by atoms with Gasteiger partial charge in [-0.05, 0) is 46.9 Å². The van der Waals surface area contributed by atoms with E-state index in [2.05, 4.69) is 39.8 Å². The van der Waals surface area contributed by atoms with E-state index in [1.54, 1.807) is 0 Å². The van der Waals surface area contributed by atoms with E-state index < -0.39 is 0 Å². The largest absolute Gasteiger partial charge is 0.397 e. The van der Waals surface area contributed by atoms with E-state index in [9.17, 15) is 0 Å². The maximum absolute atomic E-state index is 5.93. The van der Waals surface area contributed by atoms with Gasteiger partial charge in [-0.1, -0.05) is 27.7 Å². The molecule has 0 saturated carbocycles. The third-order valence-electron chi connectivity index (χ3n) is 4.06. The van der Waals surface area contributed by atoms with Gasteiger partial charge in [-0.15, -0.1) is 0 Å². The SMILES string of the molecule is CC1(C)CCC(C)(C)c2cc(N)c(N)cc21.S. The van der Waals surface area contributed by atoms with Crippen LogP contribution in [-0.2, 0) is 10.8 Å². The quantitative estimate of drug-likeness (QED) is 0.696. The second kappa shape index (κ2) is 4.13. The van der Waals surface area contributed by atoms with Crippen molar-refractivity contribution >= 4 is 24.9 Å². The lowest BCUT2D eigenvalue weighted by molar-refractivity contribution is 0.332. The molecule has 0 unspecified atom stereocenters. The fourth-order valence-corrected chi connectivity index (χ4v) is 2.65. The second-order valence-corrected chi connectivity index (χ2v) is 6.29. The monoisotopic (exact) mass is 252 g/mol. The van der Waals surface area contributed by atoms with E-state index in [4.69, 9.17) is 11.5 Å². The summed E-state index contributed by atoms with van der Waals surface area (Å²) in [6, 6.07) is 4.15. The van der Waals surface area contributed by atoms with Gasteiger partial charge < -0.3 is 11.5 Å². The average molecular weight is 252 g/mol. The normalized spacial score (nSPS) is 20.2. The zero-order valence-electron chi connectivity index (χ0n) is 11.2. The third kappa shape index (κ3) is 2.25. The molecule has 0 fully saturated rings. The molecule has 3 heteroatoms. The number of rotatable bonds is 0. The average Bonchev–Trinajstić information content (AvgIpc) is 2.17. The van der Waals surface area contributed by atoms with Gasteiger partial charge in [0.15, 0.2) is 0 Å². The lowest BCUT2D eigenvalue weighted by Gasteiger charge is -2.42. The molecule has 0 spiro atoms. The first-order valence-electron chi connectivity index (χ1n) is 5.94. The van der Waals surface area contributed by atoms with Crippen molar-refractivity contribution in [2.24, 2.45) is 0 Å². The molecule has 0 aliphatic heterocycles. The molecule has 4 N–H and O–H groups in total. The summed E-state index contributed by atoms with van der Waals surface area (Å²) in [6.07, 6.45) is 2.41. The molecule has 1 aliphatic rings. The highest BCUT2D eigenvalue weighted by Gasteiger charge is 2.37. The number of nitrogens with two attached hydrogens (primary N) is 2. The van der Waals surface area contributed by atoms with Gasteiger partial charge in [0.25, 0.3) is 0 Å². The van der Waals surface area contributed by atoms with E-state index in [0.717, 1.165) is 0 Å². The maximum Gasteiger partial charge on any atom is 0.0550 e. The summed E-state index contributed by atoms with van der Waals surface area (Å²) in [5, 5.41) is 0. The molecule has 0 amide bonds. The van der Waals surface area contributed by atoms with Crippen molar-refractivity contribution in [3.8, 4) is 0 Å². The smallest absolute Gasteiger partial charge is 0.0550 e. The van der Waals surface area contributed by atoms with Gasteiger partial charge in [-0.3, -0.25) is 0 Å². The van der Waals surface area contributed by atoms with Gasteiger partial charge in [-0.25, -0.2) is 0 Å². The molecule has 1 aromatic rings. The molecule has 1 aromatic carbocycles. The Morgan fingerprint density at radius 1 is 0.824 bits per heavy atom. The Kier molecular flexibility index (Phi) is 3.45. The highest BCUT2D eigenvalue weighted by Crippen LogP contribution is 2.47. The van der Waals surface area contributed by atoms with Crippen molar-refractivity contribution in [1.29, 1.82) is 0 Å². The van der Waals surface area contributed by atoms with Crippen molar-refractivity contribution < 1.29 is 0 Å².